The highest BCUT2D eigenvalue weighted by atomic mass is 16.2. The van der Waals surface area contributed by atoms with Gasteiger partial charge in [0.1, 0.15) is 11.6 Å². The highest BCUT2D eigenvalue weighted by molar-refractivity contribution is 6.00. The SMILES string of the molecule is Cc1ccccc1CC[C@@](C)(NC(=O)c1ccccc1)C(=O)N[C@@H](Cc1ccccc1)C(=O)NC1CCCCC1. The van der Waals surface area contributed by atoms with E-state index in [0.29, 0.717) is 24.8 Å². The highest BCUT2D eigenvalue weighted by Crippen LogP contribution is 2.20. The quantitative estimate of drug-likeness (QED) is 0.309. The van der Waals surface area contributed by atoms with Gasteiger partial charge in [-0.3, -0.25) is 14.4 Å². The lowest BCUT2D eigenvalue weighted by molar-refractivity contribution is -0.132. The summed E-state index contributed by atoms with van der Waals surface area (Å²) in [6.07, 6.45) is 6.65. The molecule has 6 heteroatoms. The van der Waals surface area contributed by atoms with Crippen LogP contribution in [0.2, 0.25) is 0 Å². The van der Waals surface area contributed by atoms with Gasteiger partial charge in [0.25, 0.3) is 5.91 Å². The van der Waals surface area contributed by atoms with Gasteiger partial charge in [-0.25, -0.2) is 0 Å². The number of benzene rings is 3. The molecule has 0 saturated heterocycles. The Morgan fingerprint density at radius 1 is 0.850 bits per heavy atom. The fourth-order valence-corrected chi connectivity index (χ4v) is 5.35. The maximum atomic E-state index is 14.0. The Balaban J connectivity index is 1.56. The van der Waals surface area contributed by atoms with Gasteiger partial charge in [-0.2, -0.15) is 0 Å². The summed E-state index contributed by atoms with van der Waals surface area (Å²) in [6, 6.07) is 26.0. The van der Waals surface area contributed by atoms with Gasteiger partial charge in [-0.15, -0.1) is 0 Å². The molecular weight excluding hydrogens is 498 g/mol. The maximum Gasteiger partial charge on any atom is 0.252 e. The van der Waals surface area contributed by atoms with Crippen LogP contribution in [0.1, 0.15) is 72.5 Å². The van der Waals surface area contributed by atoms with E-state index in [1.54, 1.807) is 31.2 Å². The van der Waals surface area contributed by atoms with Gasteiger partial charge < -0.3 is 16.0 Å². The van der Waals surface area contributed by atoms with Gasteiger partial charge in [-0.05, 0) is 68.4 Å². The molecule has 1 saturated carbocycles. The molecule has 3 aromatic carbocycles. The van der Waals surface area contributed by atoms with Gasteiger partial charge in [0.2, 0.25) is 11.8 Å². The van der Waals surface area contributed by atoms with Crippen LogP contribution >= 0.6 is 0 Å². The second-order valence-electron chi connectivity index (χ2n) is 11.1. The monoisotopic (exact) mass is 539 g/mol. The lowest BCUT2D eigenvalue weighted by Crippen LogP contribution is -2.61. The van der Waals surface area contributed by atoms with Crippen LogP contribution in [0.5, 0.6) is 0 Å². The fourth-order valence-electron chi connectivity index (χ4n) is 5.35. The van der Waals surface area contributed by atoms with Crippen LogP contribution in [0.25, 0.3) is 0 Å². The summed E-state index contributed by atoms with van der Waals surface area (Å²) < 4.78 is 0. The van der Waals surface area contributed by atoms with Crippen molar-refractivity contribution in [3.63, 3.8) is 0 Å². The van der Waals surface area contributed by atoms with Crippen molar-refractivity contribution in [3.05, 3.63) is 107 Å². The van der Waals surface area contributed by atoms with Gasteiger partial charge in [0.05, 0.1) is 0 Å². The molecular formula is C34H41N3O3. The smallest absolute Gasteiger partial charge is 0.252 e. The molecule has 0 radical (unpaired) electrons. The Kier molecular flexibility index (Phi) is 10.1. The molecule has 0 aliphatic heterocycles. The summed E-state index contributed by atoms with van der Waals surface area (Å²) in [7, 11) is 0. The fraction of sp³-hybridized carbons (Fsp3) is 0.382. The zero-order valence-corrected chi connectivity index (χ0v) is 23.6. The Morgan fingerprint density at radius 3 is 2.15 bits per heavy atom. The first-order valence-electron chi connectivity index (χ1n) is 14.4. The second-order valence-corrected chi connectivity index (χ2v) is 11.1. The van der Waals surface area contributed by atoms with E-state index in [1.165, 1.54) is 6.42 Å². The van der Waals surface area contributed by atoms with E-state index < -0.39 is 11.6 Å². The first-order valence-corrected chi connectivity index (χ1v) is 14.4. The molecule has 1 fully saturated rings. The van der Waals surface area contributed by atoms with E-state index in [-0.39, 0.29) is 23.8 Å². The molecule has 2 atom stereocenters. The topological polar surface area (TPSA) is 87.3 Å². The minimum Gasteiger partial charge on any atom is -0.352 e. The van der Waals surface area contributed by atoms with Crippen molar-refractivity contribution in [1.29, 1.82) is 0 Å². The number of nitrogens with one attached hydrogen (secondary N) is 3. The lowest BCUT2D eigenvalue weighted by Gasteiger charge is -2.33. The predicted molar refractivity (Wildman–Crippen MR) is 159 cm³/mol. The van der Waals surface area contributed by atoms with Crippen molar-refractivity contribution < 1.29 is 14.4 Å². The molecule has 3 amide bonds. The van der Waals surface area contributed by atoms with Crippen molar-refractivity contribution in [2.45, 2.75) is 82.8 Å². The number of hydrogen-bond donors (Lipinski definition) is 3. The summed E-state index contributed by atoms with van der Waals surface area (Å²) in [5.74, 6) is -0.876. The number of carbonyl (C=O) groups excluding carboxylic acids is 3. The molecule has 0 aromatic heterocycles. The molecule has 0 spiro atoms. The van der Waals surface area contributed by atoms with E-state index in [9.17, 15) is 14.4 Å². The summed E-state index contributed by atoms with van der Waals surface area (Å²) in [5.41, 5.74) is 2.45. The Hall–Kier alpha value is -3.93. The minimum atomic E-state index is -1.24. The molecule has 0 heterocycles. The van der Waals surface area contributed by atoms with Crippen LogP contribution in [-0.4, -0.2) is 35.3 Å². The van der Waals surface area contributed by atoms with Crippen LogP contribution in [0, 0.1) is 6.92 Å². The van der Waals surface area contributed by atoms with Gasteiger partial charge in [-0.1, -0.05) is 92.1 Å². The van der Waals surface area contributed by atoms with E-state index in [2.05, 4.69) is 16.0 Å². The van der Waals surface area contributed by atoms with E-state index in [1.807, 2.05) is 67.6 Å². The third kappa shape index (κ3) is 8.04. The number of carbonyl (C=O) groups is 3. The summed E-state index contributed by atoms with van der Waals surface area (Å²) in [5, 5.41) is 9.23. The van der Waals surface area contributed by atoms with Crippen molar-refractivity contribution >= 4 is 17.7 Å². The van der Waals surface area contributed by atoms with Crippen LogP contribution in [0.4, 0.5) is 0 Å². The Bertz CT molecular complexity index is 1270. The molecule has 210 valence electrons. The molecule has 0 bridgehead atoms. The first kappa shape index (κ1) is 29.1. The molecule has 1 aliphatic carbocycles. The van der Waals surface area contributed by atoms with Crippen molar-refractivity contribution in [2.24, 2.45) is 0 Å². The number of aryl methyl sites for hydroxylation is 2. The first-order chi connectivity index (χ1) is 19.3. The molecule has 0 unspecified atom stereocenters. The third-order valence-corrected chi connectivity index (χ3v) is 7.94. The number of amides is 3. The molecule has 4 rings (SSSR count). The molecule has 3 aromatic rings. The van der Waals surface area contributed by atoms with Crippen molar-refractivity contribution in [1.82, 2.24) is 16.0 Å². The van der Waals surface area contributed by atoms with Gasteiger partial charge in [0, 0.05) is 18.0 Å². The van der Waals surface area contributed by atoms with Crippen molar-refractivity contribution in [3.8, 4) is 0 Å². The molecule has 3 N–H and O–H groups in total. The third-order valence-electron chi connectivity index (χ3n) is 7.94. The standard InChI is InChI=1S/C34H41N3O3/c1-25-14-12-13-17-27(25)22-23-34(2,37-31(38)28-18-8-4-9-19-28)33(40)36-30(24-26-15-6-3-7-16-26)32(39)35-29-20-10-5-11-21-29/h3-4,6-9,12-19,29-30H,5,10-11,20-24H2,1-2H3,(H,35,39)(H,36,40)(H,37,38)/t30-,34+/m0/s1. The molecule has 1 aliphatic rings. The van der Waals surface area contributed by atoms with Crippen molar-refractivity contribution in [2.75, 3.05) is 0 Å². The van der Waals surface area contributed by atoms with E-state index in [0.717, 1.165) is 42.4 Å². The maximum absolute atomic E-state index is 14.0. The number of hydrogen-bond acceptors (Lipinski definition) is 3. The second kappa shape index (κ2) is 13.9. The summed E-state index contributed by atoms with van der Waals surface area (Å²) in [4.78, 5) is 40.8. The van der Waals surface area contributed by atoms with Crippen LogP contribution < -0.4 is 16.0 Å². The summed E-state index contributed by atoms with van der Waals surface area (Å²) >= 11 is 0. The van der Waals surface area contributed by atoms with E-state index in [4.69, 9.17) is 0 Å². The normalized spacial score (nSPS) is 15.8. The highest BCUT2D eigenvalue weighted by Gasteiger charge is 2.37. The van der Waals surface area contributed by atoms with Gasteiger partial charge in [0.15, 0.2) is 0 Å². The van der Waals surface area contributed by atoms with Crippen LogP contribution in [0.3, 0.4) is 0 Å². The molecule has 6 nitrogen and oxygen atoms in total. The van der Waals surface area contributed by atoms with Crippen LogP contribution in [0.15, 0.2) is 84.9 Å². The lowest BCUT2D eigenvalue weighted by atomic mass is 9.89. The average Bonchev–Trinajstić information content (AvgIpc) is 2.98. The average molecular weight is 540 g/mol. The zero-order valence-electron chi connectivity index (χ0n) is 23.6. The Morgan fingerprint density at radius 2 is 1.48 bits per heavy atom. The van der Waals surface area contributed by atoms with E-state index >= 15 is 0 Å². The van der Waals surface area contributed by atoms with Crippen LogP contribution in [-0.2, 0) is 22.4 Å². The number of rotatable bonds is 11. The summed E-state index contributed by atoms with van der Waals surface area (Å²) in [6.45, 7) is 3.79. The predicted octanol–water partition coefficient (Wildman–Crippen LogP) is 5.29. The zero-order chi connectivity index (χ0) is 28.4. The van der Waals surface area contributed by atoms with Gasteiger partial charge >= 0.3 is 0 Å². The Labute approximate surface area is 238 Å². The molecule has 40 heavy (non-hydrogen) atoms. The largest absolute Gasteiger partial charge is 0.352 e. The minimum absolute atomic E-state index is 0.127.